The molecule has 0 saturated heterocycles. The lowest BCUT2D eigenvalue weighted by Crippen LogP contribution is -2.43. The smallest absolute Gasteiger partial charge is 0.00486 e. The third-order valence-corrected chi connectivity index (χ3v) is 4.54. The van der Waals surface area contributed by atoms with Crippen molar-refractivity contribution in [2.75, 3.05) is 18.8 Å². The van der Waals surface area contributed by atoms with Crippen LogP contribution < -0.4 is 0 Å². The number of hydrogen-bond donors (Lipinski definition) is 1. The van der Waals surface area contributed by atoms with Crippen LogP contribution in [0.3, 0.4) is 0 Å². The number of hydrogen-bond acceptors (Lipinski definition) is 2. The molecule has 2 heteroatoms. The van der Waals surface area contributed by atoms with Gasteiger partial charge in [-0.1, -0.05) is 26.7 Å². The van der Waals surface area contributed by atoms with Gasteiger partial charge in [-0.15, -0.1) is 0 Å². The zero-order valence-electron chi connectivity index (χ0n) is 11.5. The molecule has 0 aliphatic heterocycles. The number of thiol groups is 1. The van der Waals surface area contributed by atoms with Gasteiger partial charge in [0.05, 0.1) is 0 Å². The van der Waals surface area contributed by atoms with Crippen LogP contribution in [0.1, 0.15) is 53.4 Å². The molecule has 16 heavy (non-hydrogen) atoms. The highest BCUT2D eigenvalue weighted by atomic mass is 32.1. The highest BCUT2D eigenvalue weighted by Crippen LogP contribution is 2.40. The normalized spacial score (nSPS) is 20.2. The molecule has 1 nitrogen and oxygen atoms in total. The fourth-order valence-electron chi connectivity index (χ4n) is 2.85. The molecule has 0 amide bonds. The van der Waals surface area contributed by atoms with Crippen molar-refractivity contribution in [3.05, 3.63) is 0 Å². The first kappa shape index (κ1) is 14.4. The molecule has 0 heterocycles. The van der Waals surface area contributed by atoms with Gasteiger partial charge in [-0.3, -0.25) is 0 Å². The lowest BCUT2D eigenvalue weighted by Gasteiger charge is -2.37. The zero-order chi connectivity index (χ0) is 12.2. The molecular formula is C14H29NS. The van der Waals surface area contributed by atoms with Crippen LogP contribution in [-0.2, 0) is 0 Å². The quantitative estimate of drug-likeness (QED) is 0.694. The largest absolute Gasteiger partial charge is 0.300 e. The van der Waals surface area contributed by atoms with Crippen molar-refractivity contribution in [1.82, 2.24) is 4.90 Å². The summed E-state index contributed by atoms with van der Waals surface area (Å²) < 4.78 is 0. The predicted octanol–water partition coefficient (Wildman–Crippen LogP) is 3.84. The molecule has 1 rings (SSSR count). The Kier molecular flexibility index (Phi) is 5.66. The van der Waals surface area contributed by atoms with Gasteiger partial charge >= 0.3 is 0 Å². The van der Waals surface area contributed by atoms with Crippen molar-refractivity contribution in [2.24, 2.45) is 11.3 Å². The van der Waals surface area contributed by atoms with E-state index in [1.807, 2.05) is 0 Å². The Morgan fingerprint density at radius 2 is 1.69 bits per heavy atom. The second kappa shape index (κ2) is 6.30. The summed E-state index contributed by atoms with van der Waals surface area (Å²) in [6.45, 7) is 11.8. The molecule has 0 aromatic carbocycles. The third-order valence-electron chi connectivity index (χ3n) is 3.87. The van der Waals surface area contributed by atoms with Crippen LogP contribution in [0.2, 0.25) is 0 Å². The Hall–Kier alpha value is 0.310. The van der Waals surface area contributed by atoms with Crippen LogP contribution in [0.25, 0.3) is 0 Å². The van der Waals surface area contributed by atoms with E-state index in [1.54, 1.807) is 0 Å². The maximum absolute atomic E-state index is 4.61. The second-order valence-corrected chi connectivity index (χ2v) is 6.60. The highest BCUT2D eigenvalue weighted by Gasteiger charge is 2.34. The summed E-state index contributed by atoms with van der Waals surface area (Å²) in [5.41, 5.74) is 0.516. The van der Waals surface area contributed by atoms with Gasteiger partial charge in [0.2, 0.25) is 0 Å². The first-order chi connectivity index (χ1) is 7.49. The monoisotopic (exact) mass is 243 g/mol. The first-order valence-corrected chi connectivity index (χ1v) is 7.47. The van der Waals surface area contributed by atoms with E-state index in [0.29, 0.717) is 11.5 Å². The Balaban J connectivity index is 2.58. The Morgan fingerprint density at radius 1 is 1.12 bits per heavy atom. The minimum Gasteiger partial charge on any atom is -0.300 e. The van der Waals surface area contributed by atoms with E-state index in [9.17, 15) is 0 Å². The summed E-state index contributed by atoms with van der Waals surface area (Å²) >= 11 is 4.61. The minimum absolute atomic E-state index is 0.516. The van der Waals surface area contributed by atoms with Gasteiger partial charge in [-0.05, 0) is 43.8 Å². The van der Waals surface area contributed by atoms with E-state index in [0.717, 1.165) is 11.7 Å². The lowest BCUT2D eigenvalue weighted by atomic mass is 9.87. The summed E-state index contributed by atoms with van der Waals surface area (Å²) in [5, 5.41) is 0. The highest BCUT2D eigenvalue weighted by molar-refractivity contribution is 7.80. The summed E-state index contributed by atoms with van der Waals surface area (Å²) in [5.74, 6) is 1.83. The zero-order valence-corrected chi connectivity index (χ0v) is 12.4. The third kappa shape index (κ3) is 3.96. The fourth-order valence-corrected chi connectivity index (χ4v) is 3.27. The van der Waals surface area contributed by atoms with Gasteiger partial charge < -0.3 is 4.90 Å². The van der Waals surface area contributed by atoms with E-state index in [1.165, 1.54) is 38.8 Å². The number of nitrogens with zero attached hydrogens (tertiary/aromatic N) is 1. The van der Waals surface area contributed by atoms with E-state index >= 15 is 0 Å². The molecule has 0 spiro atoms. The van der Waals surface area contributed by atoms with Gasteiger partial charge in [-0.25, -0.2) is 0 Å². The van der Waals surface area contributed by atoms with Crippen molar-refractivity contribution in [1.29, 1.82) is 0 Å². The summed E-state index contributed by atoms with van der Waals surface area (Å²) in [6, 6.07) is 0.666. The molecule has 0 unspecified atom stereocenters. The SMILES string of the molecule is CC(C)CN(CC1(CS)CCCC1)C(C)C. The van der Waals surface area contributed by atoms with Crippen molar-refractivity contribution < 1.29 is 0 Å². The fraction of sp³-hybridized carbons (Fsp3) is 1.00. The molecule has 1 fully saturated rings. The topological polar surface area (TPSA) is 3.24 Å². The molecule has 96 valence electrons. The van der Waals surface area contributed by atoms with Gasteiger partial charge in [0.1, 0.15) is 0 Å². The van der Waals surface area contributed by atoms with Gasteiger partial charge in [0, 0.05) is 19.1 Å². The molecule has 0 radical (unpaired) electrons. The van der Waals surface area contributed by atoms with Crippen molar-refractivity contribution in [3.8, 4) is 0 Å². The summed E-state index contributed by atoms with van der Waals surface area (Å²) in [7, 11) is 0. The van der Waals surface area contributed by atoms with Crippen LogP contribution >= 0.6 is 12.6 Å². The predicted molar refractivity (Wildman–Crippen MR) is 76.3 cm³/mol. The van der Waals surface area contributed by atoms with Crippen LogP contribution in [0.15, 0.2) is 0 Å². The molecule has 0 aromatic rings. The Bertz CT molecular complexity index is 195. The Morgan fingerprint density at radius 3 is 2.06 bits per heavy atom. The molecule has 0 N–H and O–H groups in total. The molecule has 0 bridgehead atoms. The molecule has 1 saturated carbocycles. The molecule has 0 atom stereocenters. The van der Waals surface area contributed by atoms with Crippen molar-refractivity contribution in [3.63, 3.8) is 0 Å². The van der Waals surface area contributed by atoms with E-state index in [4.69, 9.17) is 0 Å². The summed E-state index contributed by atoms with van der Waals surface area (Å²) in [4.78, 5) is 2.66. The van der Waals surface area contributed by atoms with Crippen LogP contribution in [0, 0.1) is 11.3 Å². The Labute approximate surface area is 107 Å². The average Bonchev–Trinajstić information content (AvgIpc) is 2.65. The van der Waals surface area contributed by atoms with Crippen LogP contribution in [-0.4, -0.2) is 29.8 Å². The van der Waals surface area contributed by atoms with Gasteiger partial charge in [0.15, 0.2) is 0 Å². The maximum Gasteiger partial charge on any atom is 0.00486 e. The van der Waals surface area contributed by atoms with Crippen LogP contribution in [0.5, 0.6) is 0 Å². The molecule has 1 aliphatic carbocycles. The number of rotatable bonds is 6. The molecular weight excluding hydrogens is 214 g/mol. The van der Waals surface area contributed by atoms with E-state index < -0.39 is 0 Å². The maximum atomic E-state index is 4.61. The van der Waals surface area contributed by atoms with Crippen molar-refractivity contribution >= 4 is 12.6 Å². The van der Waals surface area contributed by atoms with Crippen LogP contribution in [0.4, 0.5) is 0 Å². The molecule has 1 aliphatic rings. The minimum atomic E-state index is 0.516. The van der Waals surface area contributed by atoms with E-state index in [2.05, 4.69) is 45.2 Å². The summed E-state index contributed by atoms with van der Waals surface area (Å²) in [6.07, 6.45) is 5.60. The van der Waals surface area contributed by atoms with Gasteiger partial charge in [-0.2, -0.15) is 12.6 Å². The first-order valence-electron chi connectivity index (χ1n) is 6.84. The average molecular weight is 243 g/mol. The standard InChI is InChI=1S/C14H29NS/c1-12(2)9-15(13(3)4)10-14(11-16)7-5-6-8-14/h12-13,16H,5-11H2,1-4H3. The lowest BCUT2D eigenvalue weighted by molar-refractivity contribution is 0.125. The van der Waals surface area contributed by atoms with E-state index in [-0.39, 0.29) is 0 Å². The molecule has 0 aromatic heterocycles. The van der Waals surface area contributed by atoms with Crippen molar-refractivity contribution in [2.45, 2.75) is 59.4 Å². The van der Waals surface area contributed by atoms with Gasteiger partial charge in [0.25, 0.3) is 0 Å². The second-order valence-electron chi connectivity index (χ2n) is 6.28.